The van der Waals surface area contributed by atoms with Gasteiger partial charge in [-0.05, 0) is 60.4 Å². The van der Waals surface area contributed by atoms with E-state index in [1.807, 2.05) is 25.1 Å². The molecule has 0 spiro atoms. The molecule has 1 fully saturated rings. The third kappa shape index (κ3) is 5.63. The zero-order valence-electron chi connectivity index (χ0n) is 18.1. The largest absolute Gasteiger partial charge is 0.478 e. The number of aromatic carboxylic acids is 1. The number of imide groups is 1. The lowest BCUT2D eigenvalue weighted by atomic mass is 9.94. The van der Waals surface area contributed by atoms with E-state index in [0.29, 0.717) is 24.9 Å². The lowest BCUT2D eigenvalue weighted by molar-refractivity contribution is 0.0698. The number of aryl methyl sites for hydroxylation is 1. The molecule has 164 valence electrons. The number of hydrogen-bond donors (Lipinski definition) is 4. The second kappa shape index (κ2) is 9.64. The Bertz CT molecular complexity index is 996. The zero-order valence-corrected chi connectivity index (χ0v) is 18.1. The maximum Gasteiger partial charge on any atom is 0.337 e. The predicted octanol–water partition coefficient (Wildman–Crippen LogP) is 4.28. The van der Waals surface area contributed by atoms with Crippen LogP contribution in [0.15, 0.2) is 36.4 Å². The molecule has 0 saturated heterocycles. The topological polar surface area (TPSA) is 108 Å². The molecule has 0 aliphatic heterocycles. The quantitative estimate of drug-likeness (QED) is 0.507. The van der Waals surface area contributed by atoms with E-state index in [1.165, 1.54) is 18.2 Å². The number of nitrogens with one attached hydrogen (secondary N) is 3. The van der Waals surface area contributed by atoms with Crippen LogP contribution in [0.2, 0.25) is 0 Å². The lowest BCUT2D eigenvalue weighted by Gasteiger charge is -2.17. The number of para-hydroxylation sites is 1. The Labute approximate surface area is 182 Å². The van der Waals surface area contributed by atoms with Crippen molar-refractivity contribution in [3.05, 3.63) is 64.2 Å². The van der Waals surface area contributed by atoms with Crippen LogP contribution >= 0.6 is 0 Å². The van der Waals surface area contributed by atoms with Gasteiger partial charge in [0.2, 0.25) is 0 Å². The summed E-state index contributed by atoms with van der Waals surface area (Å²) in [5.41, 5.74) is 3.63. The van der Waals surface area contributed by atoms with Crippen molar-refractivity contribution in [2.75, 3.05) is 11.9 Å². The van der Waals surface area contributed by atoms with Crippen LogP contribution in [0, 0.1) is 12.8 Å². The second-order valence-corrected chi connectivity index (χ2v) is 8.29. The summed E-state index contributed by atoms with van der Waals surface area (Å²) in [6.45, 7) is 7.06. The van der Waals surface area contributed by atoms with Crippen molar-refractivity contribution in [3.63, 3.8) is 0 Å². The normalized spacial score (nSPS) is 13.0. The number of rotatable bonds is 8. The summed E-state index contributed by atoms with van der Waals surface area (Å²) in [6.07, 6.45) is 2.17. The highest BCUT2D eigenvalue weighted by molar-refractivity contribution is 6.10. The SMILES string of the molecule is Cc1cccc(C(C)C)c1CNC(=O)NC(=O)c1cccc(C(=O)O)c1NCC1CC1. The van der Waals surface area contributed by atoms with E-state index in [2.05, 4.69) is 29.8 Å². The van der Waals surface area contributed by atoms with Crippen LogP contribution in [0.1, 0.15) is 70.0 Å². The molecule has 0 heterocycles. The number of anilines is 1. The van der Waals surface area contributed by atoms with E-state index < -0.39 is 17.9 Å². The van der Waals surface area contributed by atoms with Crippen LogP contribution < -0.4 is 16.0 Å². The number of carbonyl (C=O) groups is 3. The minimum absolute atomic E-state index is 0.00944. The molecule has 1 aliphatic rings. The third-order valence-corrected chi connectivity index (χ3v) is 5.53. The highest BCUT2D eigenvalue weighted by atomic mass is 16.4. The number of carboxylic acid groups (broad SMARTS) is 1. The smallest absolute Gasteiger partial charge is 0.337 e. The molecule has 0 unspecified atom stereocenters. The summed E-state index contributed by atoms with van der Waals surface area (Å²) >= 11 is 0. The first-order valence-corrected chi connectivity index (χ1v) is 10.6. The van der Waals surface area contributed by atoms with Crippen LogP contribution in [0.25, 0.3) is 0 Å². The Balaban J connectivity index is 1.71. The summed E-state index contributed by atoms with van der Waals surface area (Å²) in [4.78, 5) is 36.8. The van der Waals surface area contributed by atoms with Gasteiger partial charge in [0.1, 0.15) is 0 Å². The van der Waals surface area contributed by atoms with Gasteiger partial charge in [0.25, 0.3) is 5.91 Å². The van der Waals surface area contributed by atoms with Gasteiger partial charge >= 0.3 is 12.0 Å². The molecule has 7 nitrogen and oxygen atoms in total. The zero-order chi connectivity index (χ0) is 22.5. The van der Waals surface area contributed by atoms with Crippen LogP contribution in [-0.4, -0.2) is 29.6 Å². The summed E-state index contributed by atoms with van der Waals surface area (Å²) in [6, 6.07) is 9.85. The van der Waals surface area contributed by atoms with Crippen molar-refractivity contribution in [2.24, 2.45) is 5.92 Å². The molecular weight excluding hydrogens is 394 g/mol. The van der Waals surface area contributed by atoms with Crippen molar-refractivity contribution in [3.8, 4) is 0 Å². The molecule has 7 heteroatoms. The van der Waals surface area contributed by atoms with Gasteiger partial charge < -0.3 is 15.7 Å². The fraction of sp³-hybridized carbons (Fsp3) is 0.375. The molecule has 0 bridgehead atoms. The summed E-state index contributed by atoms with van der Waals surface area (Å²) < 4.78 is 0. The molecule has 2 aromatic rings. The molecule has 0 radical (unpaired) electrons. The van der Waals surface area contributed by atoms with Crippen LogP contribution in [0.5, 0.6) is 0 Å². The molecule has 4 N–H and O–H groups in total. The van der Waals surface area contributed by atoms with Crippen LogP contribution in [-0.2, 0) is 6.54 Å². The van der Waals surface area contributed by atoms with Gasteiger partial charge in [0, 0.05) is 13.1 Å². The maximum absolute atomic E-state index is 12.8. The second-order valence-electron chi connectivity index (χ2n) is 8.29. The van der Waals surface area contributed by atoms with Crippen molar-refractivity contribution in [1.82, 2.24) is 10.6 Å². The Morgan fingerprint density at radius 1 is 1.06 bits per heavy atom. The molecule has 1 aliphatic carbocycles. The van der Waals surface area contributed by atoms with Gasteiger partial charge in [-0.1, -0.05) is 38.1 Å². The van der Waals surface area contributed by atoms with Crippen molar-refractivity contribution >= 4 is 23.6 Å². The Hall–Kier alpha value is -3.35. The Morgan fingerprint density at radius 3 is 2.39 bits per heavy atom. The van der Waals surface area contributed by atoms with Gasteiger partial charge in [-0.2, -0.15) is 0 Å². The first kappa shape index (κ1) is 22.3. The molecule has 1 saturated carbocycles. The summed E-state index contributed by atoms with van der Waals surface area (Å²) in [5.74, 6) is -0.975. The Kier molecular flexibility index (Phi) is 6.95. The fourth-order valence-electron chi connectivity index (χ4n) is 3.57. The van der Waals surface area contributed by atoms with E-state index in [0.717, 1.165) is 29.5 Å². The van der Waals surface area contributed by atoms with Crippen molar-refractivity contribution < 1.29 is 19.5 Å². The minimum atomic E-state index is -1.13. The third-order valence-electron chi connectivity index (χ3n) is 5.53. The number of amides is 3. The number of benzene rings is 2. The fourth-order valence-corrected chi connectivity index (χ4v) is 3.57. The monoisotopic (exact) mass is 423 g/mol. The van der Waals surface area contributed by atoms with E-state index in [4.69, 9.17) is 0 Å². The molecule has 0 atom stereocenters. The maximum atomic E-state index is 12.8. The first-order valence-electron chi connectivity index (χ1n) is 10.6. The lowest BCUT2D eigenvalue weighted by Crippen LogP contribution is -2.39. The number of carboxylic acids is 1. The summed E-state index contributed by atoms with van der Waals surface area (Å²) in [7, 11) is 0. The minimum Gasteiger partial charge on any atom is -0.478 e. The molecular formula is C24H29N3O4. The highest BCUT2D eigenvalue weighted by Gasteiger charge is 2.24. The van der Waals surface area contributed by atoms with E-state index >= 15 is 0 Å². The van der Waals surface area contributed by atoms with Gasteiger partial charge in [-0.25, -0.2) is 9.59 Å². The first-order chi connectivity index (χ1) is 14.8. The summed E-state index contributed by atoms with van der Waals surface area (Å²) in [5, 5.41) is 17.6. The molecule has 0 aromatic heterocycles. The standard InChI is InChI=1S/C24H29N3O4/c1-14(2)17-7-4-6-15(3)20(17)13-26-24(31)27-22(28)18-8-5-9-19(23(29)30)21(18)25-12-16-10-11-16/h4-9,14,16,25H,10-13H2,1-3H3,(H,29,30)(H2,26,27,28,31). The van der Waals surface area contributed by atoms with Crippen LogP contribution in [0.3, 0.4) is 0 Å². The molecule has 3 rings (SSSR count). The average Bonchev–Trinajstić information content (AvgIpc) is 3.55. The molecule has 3 amide bonds. The van der Waals surface area contributed by atoms with Gasteiger partial charge in [-0.15, -0.1) is 0 Å². The predicted molar refractivity (Wildman–Crippen MR) is 120 cm³/mol. The van der Waals surface area contributed by atoms with Gasteiger partial charge in [0.05, 0.1) is 16.8 Å². The van der Waals surface area contributed by atoms with Gasteiger partial charge in [-0.3, -0.25) is 10.1 Å². The number of carbonyl (C=O) groups excluding carboxylic acids is 2. The molecule has 31 heavy (non-hydrogen) atoms. The average molecular weight is 424 g/mol. The van der Waals surface area contributed by atoms with E-state index in [-0.39, 0.29) is 16.8 Å². The van der Waals surface area contributed by atoms with Crippen molar-refractivity contribution in [2.45, 2.75) is 46.1 Å². The Morgan fingerprint density at radius 2 is 1.74 bits per heavy atom. The van der Waals surface area contributed by atoms with Gasteiger partial charge in [0.15, 0.2) is 0 Å². The highest BCUT2D eigenvalue weighted by Crippen LogP contribution is 2.30. The van der Waals surface area contributed by atoms with Crippen molar-refractivity contribution in [1.29, 1.82) is 0 Å². The van der Waals surface area contributed by atoms with E-state index in [9.17, 15) is 19.5 Å². The molecule has 2 aromatic carbocycles. The number of hydrogen-bond acceptors (Lipinski definition) is 4. The van der Waals surface area contributed by atoms with Crippen LogP contribution in [0.4, 0.5) is 10.5 Å². The number of urea groups is 1. The van der Waals surface area contributed by atoms with E-state index in [1.54, 1.807) is 0 Å².